The highest BCUT2D eigenvalue weighted by atomic mass is 16.7. The van der Waals surface area contributed by atoms with Crippen LogP contribution in [0.1, 0.15) is 37.8 Å². The average Bonchev–Trinajstić information content (AvgIpc) is 3.44. The standard InChI is InChI=1S/C28H28N4O6/c1-28(2,3)37-16-23(26(34)38-32-25-22(30-31-32)13-8-14-24(25)33)29-27(35)36-15-21-19-11-6-4-9-17(19)18-10-5-7-12-20(18)21/h4-14,21,23,25H,15-16H2,1-3H3,(H,29,35)/t23-,25+/m1/s1. The summed E-state index contributed by atoms with van der Waals surface area (Å²) in [7, 11) is 0. The molecule has 38 heavy (non-hydrogen) atoms. The first-order valence-corrected chi connectivity index (χ1v) is 12.3. The normalized spacial score (nSPS) is 18.4. The van der Waals surface area contributed by atoms with Crippen LogP contribution in [0.25, 0.3) is 11.1 Å². The Labute approximate surface area is 219 Å². The van der Waals surface area contributed by atoms with Crippen molar-refractivity contribution in [2.24, 2.45) is 10.3 Å². The zero-order chi connectivity index (χ0) is 26.9. The summed E-state index contributed by atoms with van der Waals surface area (Å²) in [4.78, 5) is 43.5. The van der Waals surface area contributed by atoms with Gasteiger partial charge >= 0.3 is 12.1 Å². The van der Waals surface area contributed by atoms with Crippen molar-refractivity contribution < 1.29 is 28.7 Å². The van der Waals surface area contributed by atoms with E-state index in [1.54, 1.807) is 12.2 Å². The van der Waals surface area contributed by atoms with Crippen molar-refractivity contribution in [2.45, 2.75) is 44.4 Å². The number of carbonyl (C=O) groups is 3. The highest BCUT2D eigenvalue weighted by Gasteiger charge is 2.39. The minimum Gasteiger partial charge on any atom is -0.449 e. The quantitative estimate of drug-likeness (QED) is 0.585. The zero-order valence-electron chi connectivity index (χ0n) is 21.3. The van der Waals surface area contributed by atoms with Gasteiger partial charge in [-0.25, -0.2) is 9.59 Å². The molecule has 0 aromatic heterocycles. The molecule has 0 saturated heterocycles. The molecule has 196 valence electrons. The van der Waals surface area contributed by atoms with Crippen LogP contribution >= 0.6 is 0 Å². The molecule has 0 fully saturated rings. The Bertz CT molecular complexity index is 1310. The molecule has 2 aromatic rings. The van der Waals surface area contributed by atoms with Crippen LogP contribution in [0.4, 0.5) is 4.79 Å². The van der Waals surface area contributed by atoms with Crippen molar-refractivity contribution in [3.63, 3.8) is 0 Å². The largest absolute Gasteiger partial charge is 0.449 e. The summed E-state index contributed by atoms with van der Waals surface area (Å²) in [6.45, 7) is 5.36. The molecule has 10 nitrogen and oxygen atoms in total. The molecule has 1 aliphatic heterocycles. The molecule has 10 heteroatoms. The molecule has 0 radical (unpaired) electrons. The monoisotopic (exact) mass is 516 g/mol. The van der Waals surface area contributed by atoms with E-state index in [2.05, 4.69) is 15.7 Å². The first kappa shape index (κ1) is 25.3. The Hall–Kier alpha value is -4.31. The molecule has 1 amide bonds. The van der Waals surface area contributed by atoms with Gasteiger partial charge in [0.15, 0.2) is 17.9 Å². The lowest BCUT2D eigenvalue weighted by Crippen LogP contribution is -2.49. The average molecular weight is 517 g/mol. The van der Waals surface area contributed by atoms with Gasteiger partial charge in [0.25, 0.3) is 0 Å². The summed E-state index contributed by atoms with van der Waals surface area (Å²) >= 11 is 0. The number of fused-ring (bicyclic) bond motifs is 4. The maximum absolute atomic E-state index is 13.1. The number of ketones is 1. The molecule has 0 spiro atoms. The summed E-state index contributed by atoms with van der Waals surface area (Å²) < 4.78 is 11.3. The molecule has 2 aliphatic carbocycles. The van der Waals surface area contributed by atoms with Crippen LogP contribution in [-0.2, 0) is 23.9 Å². The number of hydrogen-bond donors (Lipinski definition) is 1. The molecule has 0 unspecified atom stereocenters. The number of allylic oxidation sites excluding steroid dienone is 2. The van der Waals surface area contributed by atoms with E-state index >= 15 is 0 Å². The van der Waals surface area contributed by atoms with Crippen LogP contribution < -0.4 is 5.32 Å². The fourth-order valence-electron chi connectivity index (χ4n) is 4.54. The molecule has 2 aromatic carbocycles. The Kier molecular flexibility index (Phi) is 6.81. The maximum atomic E-state index is 13.1. The van der Waals surface area contributed by atoms with Gasteiger partial charge in [0, 0.05) is 5.92 Å². The fraction of sp³-hybridized carbons (Fsp3) is 0.321. The Balaban J connectivity index is 1.25. The van der Waals surface area contributed by atoms with Crippen molar-refractivity contribution in [3.05, 3.63) is 83.6 Å². The highest BCUT2D eigenvalue weighted by molar-refractivity contribution is 5.98. The van der Waals surface area contributed by atoms with Crippen LogP contribution in [0.15, 0.2) is 82.8 Å². The third-order valence-corrected chi connectivity index (χ3v) is 6.33. The van der Waals surface area contributed by atoms with E-state index < -0.39 is 29.7 Å². The van der Waals surface area contributed by atoms with Crippen LogP contribution in [0.2, 0.25) is 0 Å². The van der Waals surface area contributed by atoms with Gasteiger partial charge in [0.05, 0.1) is 12.2 Å². The number of carbonyl (C=O) groups excluding carboxylic acids is 3. The van der Waals surface area contributed by atoms with Gasteiger partial charge < -0.3 is 19.6 Å². The van der Waals surface area contributed by atoms with Crippen LogP contribution in [-0.4, -0.2) is 53.9 Å². The van der Waals surface area contributed by atoms with Gasteiger partial charge in [-0.15, -0.1) is 5.11 Å². The lowest BCUT2D eigenvalue weighted by Gasteiger charge is -2.26. The molecular weight excluding hydrogens is 488 g/mol. The molecule has 0 bridgehead atoms. The van der Waals surface area contributed by atoms with Crippen molar-refractivity contribution in [1.82, 2.24) is 10.5 Å². The van der Waals surface area contributed by atoms with E-state index in [0.29, 0.717) is 5.70 Å². The van der Waals surface area contributed by atoms with Crippen molar-refractivity contribution in [2.75, 3.05) is 13.2 Å². The topological polar surface area (TPSA) is 119 Å². The lowest BCUT2D eigenvalue weighted by atomic mass is 9.98. The number of alkyl carbamates (subject to hydrolysis) is 1. The molecule has 0 saturated carbocycles. The number of rotatable bonds is 7. The van der Waals surface area contributed by atoms with Gasteiger partial charge in [0.2, 0.25) is 0 Å². The SMILES string of the molecule is CC(C)(C)OC[C@@H](NC(=O)OCC1c2ccccc2-c2ccccc21)C(=O)ON1N=NC2=CC=CC(=O)[C@H]21. The van der Waals surface area contributed by atoms with Crippen LogP contribution in [0.3, 0.4) is 0 Å². The predicted molar refractivity (Wildman–Crippen MR) is 137 cm³/mol. The van der Waals surface area contributed by atoms with Gasteiger partial charge in [-0.05, 0) is 60.4 Å². The molecule has 3 aliphatic rings. The van der Waals surface area contributed by atoms with Gasteiger partial charge in [0.1, 0.15) is 12.3 Å². The molecule has 5 rings (SSSR count). The minimum atomic E-state index is -1.22. The zero-order valence-corrected chi connectivity index (χ0v) is 21.3. The fourth-order valence-corrected chi connectivity index (χ4v) is 4.54. The van der Waals surface area contributed by atoms with E-state index in [9.17, 15) is 14.4 Å². The second-order valence-electron chi connectivity index (χ2n) is 10.1. The first-order chi connectivity index (χ1) is 18.2. The number of hydrogen-bond acceptors (Lipinski definition) is 9. The third-order valence-electron chi connectivity index (χ3n) is 6.33. The highest BCUT2D eigenvalue weighted by Crippen LogP contribution is 2.44. The Morgan fingerprint density at radius 1 is 1.05 bits per heavy atom. The number of amides is 1. The number of hydroxylamine groups is 1. The summed E-state index contributed by atoms with van der Waals surface area (Å²) in [5.74, 6) is -1.33. The smallest absolute Gasteiger partial charge is 0.407 e. The Morgan fingerprint density at radius 2 is 1.71 bits per heavy atom. The van der Waals surface area contributed by atoms with E-state index in [1.165, 1.54) is 6.08 Å². The lowest BCUT2D eigenvalue weighted by molar-refractivity contribution is -0.201. The second-order valence-corrected chi connectivity index (χ2v) is 10.1. The summed E-state index contributed by atoms with van der Waals surface area (Å²) in [6.07, 6.45) is 3.71. The van der Waals surface area contributed by atoms with E-state index in [4.69, 9.17) is 14.3 Å². The predicted octanol–water partition coefficient (Wildman–Crippen LogP) is 4.24. The number of nitrogens with one attached hydrogen (secondary N) is 1. The van der Waals surface area contributed by atoms with Gasteiger partial charge in [-0.3, -0.25) is 4.79 Å². The van der Waals surface area contributed by atoms with Gasteiger partial charge in [-0.1, -0.05) is 59.8 Å². The number of benzene rings is 2. The molecule has 2 atom stereocenters. The maximum Gasteiger partial charge on any atom is 0.407 e. The van der Waals surface area contributed by atoms with Crippen LogP contribution in [0, 0.1) is 0 Å². The molecule has 1 N–H and O–H groups in total. The third kappa shape index (κ3) is 5.21. The summed E-state index contributed by atoms with van der Waals surface area (Å²) in [6, 6.07) is 13.8. The second kappa shape index (κ2) is 10.2. The van der Waals surface area contributed by atoms with Crippen molar-refractivity contribution in [1.29, 1.82) is 0 Å². The first-order valence-electron chi connectivity index (χ1n) is 12.3. The van der Waals surface area contributed by atoms with E-state index in [-0.39, 0.29) is 24.9 Å². The number of nitrogens with zero attached hydrogens (tertiary/aromatic N) is 3. The number of ether oxygens (including phenoxy) is 2. The molecule has 1 heterocycles. The van der Waals surface area contributed by atoms with Crippen molar-refractivity contribution in [3.8, 4) is 11.1 Å². The van der Waals surface area contributed by atoms with Crippen molar-refractivity contribution >= 4 is 17.8 Å². The Morgan fingerprint density at radius 3 is 2.37 bits per heavy atom. The summed E-state index contributed by atoms with van der Waals surface area (Å²) in [5, 5.41) is 11.0. The van der Waals surface area contributed by atoms with Gasteiger partial charge in [-0.2, -0.15) is 0 Å². The van der Waals surface area contributed by atoms with E-state index in [0.717, 1.165) is 27.4 Å². The van der Waals surface area contributed by atoms with Crippen LogP contribution in [0.5, 0.6) is 0 Å². The minimum absolute atomic E-state index is 0.0825. The van der Waals surface area contributed by atoms with E-state index in [1.807, 2.05) is 69.3 Å². The molecular formula is C28H28N4O6. The summed E-state index contributed by atoms with van der Waals surface area (Å²) in [5.41, 5.74) is 4.13.